The highest BCUT2D eigenvalue weighted by atomic mass is 32.2. The van der Waals surface area contributed by atoms with E-state index in [2.05, 4.69) is 10.5 Å². The van der Waals surface area contributed by atoms with Crippen LogP contribution in [0.1, 0.15) is 39.2 Å². The molecule has 0 bridgehead atoms. The SMILES string of the molecule is Cc1oncc1C(=O)Nc1ccc(NS(=O)(=O)c2ccc3c(c2)CCC3)c(C(F)(F)F)c1. The number of nitrogens with one attached hydrogen (secondary N) is 2. The molecule has 0 spiro atoms. The summed E-state index contributed by atoms with van der Waals surface area (Å²) in [4.78, 5) is 12.1. The fraction of sp³-hybridized carbons (Fsp3) is 0.238. The van der Waals surface area contributed by atoms with Crippen molar-refractivity contribution in [3.63, 3.8) is 0 Å². The van der Waals surface area contributed by atoms with Gasteiger partial charge >= 0.3 is 6.18 Å². The van der Waals surface area contributed by atoms with Crippen LogP contribution in [0.5, 0.6) is 0 Å². The first-order valence-electron chi connectivity index (χ1n) is 9.63. The zero-order chi connectivity index (χ0) is 23.1. The van der Waals surface area contributed by atoms with Gasteiger partial charge < -0.3 is 9.84 Å². The predicted molar refractivity (Wildman–Crippen MR) is 110 cm³/mol. The number of carbonyl (C=O) groups excluding carboxylic acids is 1. The van der Waals surface area contributed by atoms with Crippen molar-refractivity contribution in [3.05, 3.63) is 70.6 Å². The first-order chi connectivity index (χ1) is 15.0. The molecule has 32 heavy (non-hydrogen) atoms. The molecule has 0 saturated carbocycles. The van der Waals surface area contributed by atoms with Gasteiger partial charge in [-0.25, -0.2) is 8.42 Å². The summed E-state index contributed by atoms with van der Waals surface area (Å²) in [6.07, 6.45) is -1.24. The van der Waals surface area contributed by atoms with Crippen molar-refractivity contribution in [1.82, 2.24) is 5.16 Å². The largest absolute Gasteiger partial charge is 0.418 e. The van der Waals surface area contributed by atoms with E-state index in [0.717, 1.165) is 42.7 Å². The molecule has 3 aromatic rings. The molecular weight excluding hydrogens is 447 g/mol. The highest BCUT2D eigenvalue weighted by molar-refractivity contribution is 7.92. The Morgan fingerprint density at radius 1 is 1.09 bits per heavy atom. The molecule has 0 aliphatic heterocycles. The van der Waals surface area contributed by atoms with Crippen molar-refractivity contribution in [3.8, 4) is 0 Å². The molecule has 2 N–H and O–H groups in total. The third kappa shape index (κ3) is 4.33. The number of amides is 1. The first kappa shape index (κ1) is 21.9. The van der Waals surface area contributed by atoms with Crippen LogP contribution in [0.15, 0.2) is 52.0 Å². The summed E-state index contributed by atoms with van der Waals surface area (Å²) >= 11 is 0. The fourth-order valence-corrected chi connectivity index (χ4v) is 4.71. The minimum atomic E-state index is -4.87. The zero-order valence-corrected chi connectivity index (χ0v) is 17.6. The molecule has 0 saturated heterocycles. The van der Waals surface area contributed by atoms with Gasteiger partial charge in [0.1, 0.15) is 11.3 Å². The Labute approximate surface area is 181 Å². The summed E-state index contributed by atoms with van der Waals surface area (Å²) in [6.45, 7) is 1.49. The number of carbonyl (C=O) groups is 1. The van der Waals surface area contributed by atoms with Gasteiger partial charge in [0.25, 0.3) is 15.9 Å². The van der Waals surface area contributed by atoms with Crippen molar-refractivity contribution in [2.45, 2.75) is 37.3 Å². The number of hydrogen-bond acceptors (Lipinski definition) is 5. The van der Waals surface area contributed by atoms with E-state index in [1.54, 1.807) is 6.07 Å². The van der Waals surface area contributed by atoms with E-state index >= 15 is 0 Å². The standard InChI is InChI=1S/C21H18F3N3O4S/c1-12-17(11-25-31-12)20(28)26-15-6-8-19(18(10-15)21(22,23)24)27-32(29,30)16-7-5-13-3-2-4-14(13)9-16/h5-11,27H,2-4H2,1H3,(H,26,28). The van der Waals surface area contributed by atoms with Gasteiger partial charge in [0.15, 0.2) is 0 Å². The molecule has 168 valence electrons. The second kappa shape index (κ2) is 7.97. The summed E-state index contributed by atoms with van der Waals surface area (Å²) in [7, 11) is -4.25. The molecule has 1 aliphatic rings. The Morgan fingerprint density at radius 2 is 1.84 bits per heavy atom. The average molecular weight is 465 g/mol. The quantitative estimate of drug-likeness (QED) is 0.576. The van der Waals surface area contributed by atoms with Gasteiger partial charge in [-0.15, -0.1) is 0 Å². The molecule has 0 radical (unpaired) electrons. The van der Waals surface area contributed by atoms with Crippen LogP contribution in [-0.4, -0.2) is 19.5 Å². The lowest BCUT2D eigenvalue weighted by Crippen LogP contribution is -2.18. The molecule has 1 aromatic heterocycles. The lowest BCUT2D eigenvalue weighted by Gasteiger charge is -2.17. The number of nitrogens with zero attached hydrogens (tertiary/aromatic N) is 1. The van der Waals surface area contributed by atoms with Crippen LogP contribution >= 0.6 is 0 Å². The summed E-state index contributed by atoms with van der Waals surface area (Å²) in [5.41, 5.74) is -0.0447. The Hall–Kier alpha value is -3.34. The molecule has 1 amide bonds. The highest BCUT2D eigenvalue weighted by Gasteiger charge is 2.35. The van der Waals surface area contributed by atoms with Gasteiger partial charge in [-0.2, -0.15) is 13.2 Å². The number of rotatable bonds is 5. The third-order valence-electron chi connectivity index (χ3n) is 5.20. The maximum Gasteiger partial charge on any atom is 0.418 e. The van der Waals surface area contributed by atoms with Crippen LogP contribution in [0.3, 0.4) is 0 Å². The minimum absolute atomic E-state index is 0.0694. The van der Waals surface area contributed by atoms with Crippen LogP contribution in [0.4, 0.5) is 24.5 Å². The second-order valence-electron chi connectivity index (χ2n) is 7.40. The van der Waals surface area contributed by atoms with Crippen LogP contribution < -0.4 is 10.0 Å². The van der Waals surface area contributed by atoms with E-state index in [4.69, 9.17) is 4.52 Å². The van der Waals surface area contributed by atoms with Crippen LogP contribution in [0.2, 0.25) is 0 Å². The molecule has 1 aliphatic carbocycles. The molecule has 7 nitrogen and oxygen atoms in total. The van der Waals surface area contributed by atoms with Gasteiger partial charge in [0.05, 0.1) is 22.3 Å². The maximum absolute atomic E-state index is 13.7. The van der Waals surface area contributed by atoms with Gasteiger partial charge in [-0.05, 0) is 67.6 Å². The van der Waals surface area contributed by atoms with Crippen molar-refractivity contribution < 1.29 is 30.9 Å². The second-order valence-corrected chi connectivity index (χ2v) is 9.08. The Balaban J connectivity index is 1.63. The monoisotopic (exact) mass is 465 g/mol. The summed E-state index contributed by atoms with van der Waals surface area (Å²) in [5, 5.41) is 5.78. The van der Waals surface area contributed by atoms with E-state index < -0.39 is 33.4 Å². The van der Waals surface area contributed by atoms with Crippen LogP contribution in [-0.2, 0) is 29.0 Å². The third-order valence-corrected chi connectivity index (χ3v) is 6.57. The van der Waals surface area contributed by atoms with Gasteiger partial charge in [-0.1, -0.05) is 11.2 Å². The smallest absolute Gasteiger partial charge is 0.361 e. The lowest BCUT2D eigenvalue weighted by molar-refractivity contribution is -0.136. The molecule has 11 heteroatoms. The van der Waals surface area contributed by atoms with Crippen molar-refractivity contribution in [2.24, 2.45) is 0 Å². The number of halogens is 3. The van der Waals surface area contributed by atoms with E-state index in [1.165, 1.54) is 25.1 Å². The summed E-state index contributed by atoms with van der Waals surface area (Å²) in [6, 6.07) is 7.37. The minimum Gasteiger partial charge on any atom is -0.361 e. The Morgan fingerprint density at radius 3 is 2.53 bits per heavy atom. The number of benzene rings is 2. The molecule has 4 rings (SSSR count). The van der Waals surface area contributed by atoms with Crippen molar-refractivity contribution >= 4 is 27.3 Å². The van der Waals surface area contributed by atoms with Crippen molar-refractivity contribution in [1.29, 1.82) is 0 Å². The van der Waals surface area contributed by atoms with Crippen LogP contribution in [0, 0.1) is 6.92 Å². The summed E-state index contributed by atoms with van der Waals surface area (Å²) < 4.78 is 73.4. The average Bonchev–Trinajstić information content (AvgIpc) is 3.36. The van der Waals surface area contributed by atoms with Gasteiger partial charge in [0.2, 0.25) is 0 Å². The topological polar surface area (TPSA) is 101 Å². The molecule has 2 aromatic carbocycles. The van der Waals surface area contributed by atoms with Crippen molar-refractivity contribution in [2.75, 3.05) is 10.0 Å². The summed E-state index contributed by atoms with van der Waals surface area (Å²) in [5.74, 6) is -0.499. The van der Waals surface area contributed by atoms with Gasteiger partial charge in [0, 0.05) is 5.69 Å². The number of alkyl halides is 3. The Bertz CT molecular complexity index is 1300. The lowest BCUT2D eigenvalue weighted by atomic mass is 10.1. The predicted octanol–water partition coefficient (Wildman–Crippen LogP) is 4.54. The zero-order valence-electron chi connectivity index (χ0n) is 16.8. The number of sulfonamides is 1. The van der Waals surface area contributed by atoms with E-state index in [0.29, 0.717) is 6.07 Å². The highest BCUT2D eigenvalue weighted by Crippen LogP contribution is 2.38. The molecule has 0 unspecified atom stereocenters. The molecule has 0 fully saturated rings. The van der Waals surface area contributed by atoms with E-state index in [-0.39, 0.29) is 21.9 Å². The molecule has 0 atom stereocenters. The first-order valence-corrected chi connectivity index (χ1v) is 11.1. The number of aromatic nitrogens is 1. The number of fused-ring (bicyclic) bond motifs is 1. The van der Waals surface area contributed by atoms with E-state index in [9.17, 15) is 26.4 Å². The number of hydrogen-bond donors (Lipinski definition) is 2. The fourth-order valence-electron chi connectivity index (χ4n) is 3.58. The number of anilines is 2. The van der Waals surface area contributed by atoms with Gasteiger partial charge in [-0.3, -0.25) is 9.52 Å². The van der Waals surface area contributed by atoms with Crippen LogP contribution in [0.25, 0.3) is 0 Å². The maximum atomic E-state index is 13.7. The Kier molecular flexibility index (Phi) is 5.45. The molecule has 1 heterocycles. The van der Waals surface area contributed by atoms with E-state index in [1.807, 2.05) is 4.72 Å². The normalized spacial score (nSPS) is 13.6. The molecular formula is C21H18F3N3O4S. The number of aryl methyl sites for hydroxylation is 3.